The van der Waals surface area contributed by atoms with Crippen LogP contribution in [0.25, 0.3) is 0 Å². The zero-order valence-corrected chi connectivity index (χ0v) is 15.9. The van der Waals surface area contributed by atoms with Crippen LogP contribution in [0, 0.1) is 12.8 Å². The largest absolute Gasteiger partial charge is 0.325 e. The number of nitrogens with one attached hydrogen (secondary N) is 1. The van der Waals surface area contributed by atoms with Crippen LogP contribution in [0.5, 0.6) is 0 Å². The summed E-state index contributed by atoms with van der Waals surface area (Å²) in [6, 6.07) is 7.27. The molecule has 0 radical (unpaired) electrons. The van der Waals surface area contributed by atoms with Gasteiger partial charge in [-0.3, -0.25) is 4.79 Å². The monoisotopic (exact) mass is 371 g/mol. The number of nitrogens with zero attached hydrogens (tertiary/aromatic N) is 1. The van der Waals surface area contributed by atoms with Crippen molar-refractivity contribution in [1.82, 2.24) is 4.98 Å². The number of thiazole rings is 1. The normalized spacial score (nSPS) is 11.9. The van der Waals surface area contributed by atoms with Gasteiger partial charge >= 0.3 is 0 Å². The van der Waals surface area contributed by atoms with Crippen LogP contribution < -0.4 is 11.1 Å². The molecule has 2 aromatic rings. The summed E-state index contributed by atoms with van der Waals surface area (Å²) >= 11 is 3.26. The highest BCUT2D eigenvalue weighted by Gasteiger charge is 2.15. The number of amides is 1. The summed E-state index contributed by atoms with van der Waals surface area (Å²) in [5.41, 5.74) is 7.68. The summed E-state index contributed by atoms with van der Waals surface area (Å²) in [4.78, 5) is 17.5. The van der Waals surface area contributed by atoms with Gasteiger partial charge in [-0.2, -0.15) is 0 Å². The molecule has 126 valence electrons. The number of anilines is 1. The Labute approximate surface area is 151 Å². The average molecular weight is 372 g/mol. The fraction of sp³-hybridized carbons (Fsp3) is 0.375. The van der Waals surface area contributed by atoms with Crippen LogP contribution in [0.2, 0.25) is 0 Å². The third-order valence-corrected chi connectivity index (χ3v) is 5.05. The lowest BCUT2D eigenvalue weighted by Crippen LogP contribution is -2.36. The number of carbonyl (C=O) groups is 1. The zero-order chi connectivity index (χ0) is 16.1. The second-order valence-corrected chi connectivity index (χ2v) is 7.79. The first-order chi connectivity index (χ1) is 10.4. The van der Waals surface area contributed by atoms with Crippen molar-refractivity contribution in [3.8, 4) is 0 Å². The maximum atomic E-state index is 12.0. The molecule has 0 fully saturated rings. The summed E-state index contributed by atoms with van der Waals surface area (Å²) in [6.45, 7) is 6.10. The van der Waals surface area contributed by atoms with E-state index in [0.717, 1.165) is 20.6 Å². The SMILES string of the molecule is Cc1csc(Sc2ccc(NC(=O)[C@@H](N)CC(C)C)cc2)n1.Cl. The molecule has 0 aliphatic heterocycles. The van der Waals surface area contributed by atoms with Gasteiger partial charge in [0.2, 0.25) is 5.91 Å². The minimum Gasteiger partial charge on any atom is -0.325 e. The highest BCUT2D eigenvalue weighted by atomic mass is 35.5. The molecular formula is C16H22ClN3OS2. The fourth-order valence-electron chi connectivity index (χ4n) is 1.94. The molecule has 0 bridgehead atoms. The molecule has 1 aromatic heterocycles. The molecule has 2 rings (SSSR count). The molecule has 23 heavy (non-hydrogen) atoms. The molecule has 0 saturated heterocycles. The molecule has 0 unspecified atom stereocenters. The van der Waals surface area contributed by atoms with Crippen molar-refractivity contribution in [3.63, 3.8) is 0 Å². The van der Waals surface area contributed by atoms with Crippen LogP contribution in [-0.4, -0.2) is 16.9 Å². The van der Waals surface area contributed by atoms with E-state index in [1.807, 2.05) is 36.6 Å². The lowest BCUT2D eigenvalue weighted by molar-refractivity contribution is -0.117. The Kier molecular flexibility index (Phi) is 8.05. The molecule has 7 heteroatoms. The standard InChI is InChI=1S/C16H21N3OS2.ClH/c1-10(2)8-14(17)15(20)19-12-4-6-13(7-5-12)22-16-18-11(3)9-21-16;/h4-7,9-10,14H,8,17H2,1-3H3,(H,19,20);1H/t14-;/m0./s1. The predicted octanol–water partition coefficient (Wildman–Crippen LogP) is 4.34. The van der Waals surface area contributed by atoms with E-state index in [0.29, 0.717) is 12.3 Å². The Morgan fingerprint density at radius 1 is 1.35 bits per heavy atom. The number of hydrogen-bond donors (Lipinski definition) is 2. The Morgan fingerprint density at radius 2 is 2.00 bits per heavy atom. The third kappa shape index (κ3) is 6.51. The molecule has 1 heterocycles. The number of aryl methyl sites for hydroxylation is 1. The van der Waals surface area contributed by atoms with E-state index in [1.54, 1.807) is 23.1 Å². The smallest absolute Gasteiger partial charge is 0.241 e. The minimum atomic E-state index is -0.465. The highest BCUT2D eigenvalue weighted by molar-refractivity contribution is 8.01. The Bertz CT molecular complexity index is 629. The van der Waals surface area contributed by atoms with Crippen LogP contribution >= 0.6 is 35.5 Å². The van der Waals surface area contributed by atoms with Crippen molar-refractivity contribution >= 4 is 47.1 Å². The Morgan fingerprint density at radius 3 is 2.52 bits per heavy atom. The van der Waals surface area contributed by atoms with Crippen molar-refractivity contribution in [2.24, 2.45) is 11.7 Å². The molecule has 0 spiro atoms. The number of rotatable bonds is 6. The fourth-order valence-corrected chi connectivity index (χ4v) is 3.75. The minimum absolute atomic E-state index is 0. The van der Waals surface area contributed by atoms with Gasteiger partial charge < -0.3 is 11.1 Å². The maximum Gasteiger partial charge on any atom is 0.241 e. The number of hydrogen-bond acceptors (Lipinski definition) is 5. The van der Waals surface area contributed by atoms with Crippen LogP contribution in [0.4, 0.5) is 5.69 Å². The molecule has 1 amide bonds. The number of benzene rings is 1. The first kappa shape index (κ1) is 20.0. The van der Waals surface area contributed by atoms with Gasteiger partial charge in [-0.15, -0.1) is 23.7 Å². The summed E-state index contributed by atoms with van der Waals surface area (Å²) in [5, 5.41) is 4.89. The Balaban J connectivity index is 0.00000264. The van der Waals surface area contributed by atoms with Crippen molar-refractivity contribution in [3.05, 3.63) is 35.3 Å². The van der Waals surface area contributed by atoms with E-state index in [9.17, 15) is 4.79 Å². The summed E-state index contributed by atoms with van der Waals surface area (Å²) < 4.78 is 1.02. The van der Waals surface area contributed by atoms with Gasteiger partial charge in [-0.25, -0.2) is 4.98 Å². The number of nitrogens with two attached hydrogens (primary N) is 1. The van der Waals surface area contributed by atoms with E-state index in [-0.39, 0.29) is 18.3 Å². The average Bonchev–Trinajstić information content (AvgIpc) is 2.85. The topological polar surface area (TPSA) is 68.0 Å². The van der Waals surface area contributed by atoms with Crippen molar-refractivity contribution in [1.29, 1.82) is 0 Å². The molecule has 4 nitrogen and oxygen atoms in total. The Hall–Kier alpha value is -1.08. The van der Waals surface area contributed by atoms with Gasteiger partial charge in [0, 0.05) is 21.7 Å². The predicted molar refractivity (Wildman–Crippen MR) is 101 cm³/mol. The van der Waals surface area contributed by atoms with Crippen molar-refractivity contribution < 1.29 is 4.79 Å². The molecule has 0 aliphatic rings. The number of carbonyl (C=O) groups excluding carboxylic acids is 1. The van der Waals surface area contributed by atoms with Gasteiger partial charge in [-0.05, 0) is 43.5 Å². The maximum absolute atomic E-state index is 12.0. The van der Waals surface area contributed by atoms with E-state index >= 15 is 0 Å². The summed E-state index contributed by atoms with van der Waals surface area (Å²) in [5.74, 6) is 0.269. The summed E-state index contributed by atoms with van der Waals surface area (Å²) in [6.07, 6.45) is 0.684. The molecule has 1 aromatic carbocycles. The van der Waals surface area contributed by atoms with Crippen LogP contribution in [0.1, 0.15) is 26.0 Å². The molecular weight excluding hydrogens is 350 g/mol. The van der Waals surface area contributed by atoms with E-state index < -0.39 is 6.04 Å². The van der Waals surface area contributed by atoms with Crippen LogP contribution in [-0.2, 0) is 4.79 Å². The molecule has 3 N–H and O–H groups in total. The molecule has 0 aliphatic carbocycles. The van der Waals surface area contributed by atoms with Gasteiger partial charge in [-0.1, -0.05) is 25.6 Å². The van der Waals surface area contributed by atoms with E-state index in [1.165, 1.54) is 0 Å². The summed E-state index contributed by atoms with van der Waals surface area (Å²) in [7, 11) is 0. The highest BCUT2D eigenvalue weighted by Crippen LogP contribution is 2.30. The lowest BCUT2D eigenvalue weighted by Gasteiger charge is -2.14. The third-order valence-electron chi connectivity index (χ3n) is 2.99. The van der Waals surface area contributed by atoms with Gasteiger partial charge in [0.25, 0.3) is 0 Å². The number of aromatic nitrogens is 1. The van der Waals surface area contributed by atoms with Gasteiger partial charge in [0.15, 0.2) is 4.34 Å². The second kappa shape index (κ2) is 9.27. The lowest BCUT2D eigenvalue weighted by atomic mass is 10.0. The second-order valence-electron chi connectivity index (χ2n) is 5.61. The van der Waals surface area contributed by atoms with Crippen molar-refractivity contribution in [2.75, 3.05) is 5.32 Å². The van der Waals surface area contributed by atoms with Crippen molar-refractivity contribution in [2.45, 2.75) is 42.5 Å². The van der Waals surface area contributed by atoms with Crippen LogP contribution in [0.15, 0.2) is 38.9 Å². The zero-order valence-electron chi connectivity index (χ0n) is 13.4. The van der Waals surface area contributed by atoms with Crippen LogP contribution in [0.3, 0.4) is 0 Å². The van der Waals surface area contributed by atoms with Gasteiger partial charge in [0.1, 0.15) is 0 Å². The molecule has 0 saturated carbocycles. The first-order valence-corrected chi connectivity index (χ1v) is 8.90. The van der Waals surface area contributed by atoms with Gasteiger partial charge in [0.05, 0.1) is 6.04 Å². The number of halogens is 1. The van der Waals surface area contributed by atoms with E-state index in [4.69, 9.17) is 5.73 Å². The van der Waals surface area contributed by atoms with E-state index in [2.05, 4.69) is 24.1 Å². The quantitative estimate of drug-likeness (QED) is 0.792. The first-order valence-electron chi connectivity index (χ1n) is 7.20. The molecule has 1 atom stereocenters.